The minimum absolute atomic E-state index is 0.176. The second-order valence-electron chi connectivity index (χ2n) is 20.3. The SMILES string of the molecule is c1ccc(-c2cc(-c3c4ccccc4c(-c4ccc(-n5c6ccccc6c6ccccc65)cc4)c4ccccc34)ccc2-c2ccc3c(c2)-c2ccccc2C32C3CCC4CC(C3)CC42)cc1. The molecule has 3 saturated carbocycles. The van der Waals surface area contributed by atoms with Gasteiger partial charge < -0.3 is 4.57 Å². The van der Waals surface area contributed by atoms with Crippen molar-refractivity contribution in [1.29, 1.82) is 0 Å². The largest absolute Gasteiger partial charge is 0.309 e. The lowest BCUT2D eigenvalue weighted by molar-refractivity contribution is 0.0768. The highest BCUT2D eigenvalue weighted by Crippen LogP contribution is 2.70. The molecule has 10 aromatic carbocycles. The van der Waals surface area contributed by atoms with E-state index in [4.69, 9.17) is 0 Å². The Kier molecular flexibility index (Phi) is 8.03. The summed E-state index contributed by atoms with van der Waals surface area (Å²) in [5.41, 5.74) is 20.1. The van der Waals surface area contributed by atoms with Gasteiger partial charge in [0.05, 0.1) is 11.0 Å². The maximum absolute atomic E-state index is 2.58. The van der Waals surface area contributed by atoms with Crippen LogP contribution < -0.4 is 0 Å². The summed E-state index contributed by atoms with van der Waals surface area (Å²) in [6.45, 7) is 0. The van der Waals surface area contributed by atoms with Gasteiger partial charge in [-0.1, -0.05) is 176 Å². The highest BCUT2D eigenvalue weighted by atomic mass is 15.0. The first-order chi connectivity index (χ1) is 33.2. The molecule has 0 N–H and O–H groups in total. The normalized spacial score (nSPS) is 21.2. The van der Waals surface area contributed by atoms with E-state index in [-0.39, 0.29) is 5.41 Å². The van der Waals surface area contributed by atoms with Crippen molar-refractivity contribution in [3.8, 4) is 61.3 Å². The molecule has 1 nitrogen and oxygen atoms in total. The van der Waals surface area contributed by atoms with Crippen LogP contribution in [0.3, 0.4) is 0 Å². The summed E-state index contributed by atoms with van der Waals surface area (Å²) in [7, 11) is 0. The van der Waals surface area contributed by atoms with E-state index in [1.807, 2.05) is 0 Å². The summed E-state index contributed by atoms with van der Waals surface area (Å²) in [5, 5.41) is 7.63. The van der Waals surface area contributed by atoms with Crippen LogP contribution in [0.4, 0.5) is 0 Å². The minimum atomic E-state index is 0.176. The summed E-state index contributed by atoms with van der Waals surface area (Å²) >= 11 is 0. The smallest absolute Gasteiger partial charge is 0.0541 e. The zero-order chi connectivity index (χ0) is 43.8. The maximum Gasteiger partial charge on any atom is 0.0541 e. The van der Waals surface area contributed by atoms with Crippen molar-refractivity contribution >= 4 is 43.4 Å². The molecule has 0 radical (unpaired) electrons. The molecule has 5 atom stereocenters. The number of rotatable bonds is 5. The van der Waals surface area contributed by atoms with Crippen molar-refractivity contribution in [3.05, 3.63) is 223 Å². The van der Waals surface area contributed by atoms with E-state index in [9.17, 15) is 0 Å². The molecule has 4 aliphatic carbocycles. The van der Waals surface area contributed by atoms with Crippen LogP contribution in [0.1, 0.15) is 43.2 Å². The van der Waals surface area contributed by atoms with Crippen LogP contribution in [0.2, 0.25) is 0 Å². The van der Waals surface area contributed by atoms with Gasteiger partial charge in [0.2, 0.25) is 0 Å². The number of para-hydroxylation sites is 2. The van der Waals surface area contributed by atoms with Crippen molar-refractivity contribution in [2.24, 2.45) is 23.7 Å². The third-order valence-corrected chi connectivity index (χ3v) is 17.3. The van der Waals surface area contributed by atoms with E-state index < -0.39 is 0 Å². The standard InChI is InChI=1S/C66H49N/c1-2-14-42(15-3-1)57-40-46(29-34-49(57)44-30-35-60-58(39-44)50-16-8-11-23-59(50)66(60)47-31-26-45-36-41(37-47)38-61(45)66)65-55-21-6-4-19-53(55)64(54-20-5-7-22-56(54)65)43-27-32-48(33-28-43)67-62-24-12-9-17-51(62)52-18-10-13-25-63(52)67/h1-25,27-30,32-35,39-41,45,47,61H,26,31,36-38H2. The van der Waals surface area contributed by atoms with Crippen molar-refractivity contribution in [1.82, 2.24) is 4.57 Å². The summed E-state index contributed by atoms with van der Waals surface area (Å²) in [4.78, 5) is 0. The van der Waals surface area contributed by atoms with Gasteiger partial charge in [-0.15, -0.1) is 0 Å². The van der Waals surface area contributed by atoms with Gasteiger partial charge in [-0.2, -0.15) is 0 Å². The lowest BCUT2D eigenvalue weighted by atomic mass is 9.51. The molecule has 3 fully saturated rings. The van der Waals surface area contributed by atoms with Crippen molar-refractivity contribution in [3.63, 3.8) is 0 Å². The highest BCUT2D eigenvalue weighted by Gasteiger charge is 2.63. The Labute approximate surface area is 392 Å². The first-order valence-electron chi connectivity index (χ1n) is 24.7. The van der Waals surface area contributed by atoms with Gasteiger partial charge in [0.25, 0.3) is 0 Å². The Morgan fingerprint density at radius 2 is 0.910 bits per heavy atom. The second kappa shape index (κ2) is 14.3. The molecule has 1 spiro atoms. The third kappa shape index (κ3) is 5.26. The predicted molar refractivity (Wildman–Crippen MR) is 281 cm³/mol. The summed E-state index contributed by atoms with van der Waals surface area (Å²) in [6, 6.07) is 80.5. The zero-order valence-electron chi connectivity index (χ0n) is 37.5. The van der Waals surface area contributed by atoms with Crippen LogP contribution in [0, 0.1) is 23.7 Å². The third-order valence-electron chi connectivity index (χ3n) is 17.3. The predicted octanol–water partition coefficient (Wildman–Crippen LogP) is 17.5. The molecule has 1 aromatic heterocycles. The molecule has 0 amide bonds. The van der Waals surface area contributed by atoms with E-state index in [0.29, 0.717) is 0 Å². The Morgan fingerprint density at radius 3 is 1.61 bits per heavy atom. The topological polar surface area (TPSA) is 4.93 Å². The van der Waals surface area contributed by atoms with Gasteiger partial charge in [0, 0.05) is 21.9 Å². The van der Waals surface area contributed by atoms with Gasteiger partial charge in [-0.25, -0.2) is 0 Å². The van der Waals surface area contributed by atoms with E-state index in [0.717, 1.165) is 23.7 Å². The van der Waals surface area contributed by atoms with Crippen molar-refractivity contribution in [2.75, 3.05) is 0 Å². The van der Waals surface area contributed by atoms with Crippen LogP contribution in [0.5, 0.6) is 0 Å². The molecule has 0 saturated heterocycles. The van der Waals surface area contributed by atoms with Gasteiger partial charge in [0.15, 0.2) is 0 Å². The van der Waals surface area contributed by atoms with E-state index in [1.165, 1.54) is 137 Å². The molecule has 3 bridgehead atoms. The zero-order valence-corrected chi connectivity index (χ0v) is 37.5. The van der Waals surface area contributed by atoms with E-state index in [2.05, 4.69) is 217 Å². The van der Waals surface area contributed by atoms with Crippen LogP contribution in [-0.2, 0) is 5.41 Å². The molecule has 1 heterocycles. The first-order valence-corrected chi connectivity index (χ1v) is 24.7. The number of benzene rings is 10. The fourth-order valence-corrected chi connectivity index (χ4v) is 14.9. The Morgan fingerprint density at radius 1 is 0.358 bits per heavy atom. The lowest BCUT2D eigenvalue weighted by Gasteiger charge is -2.52. The molecular formula is C66H49N. The molecule has 4 aliphatic rings. The summed E-state index contributed by atoms with van der Waals surface area (Å²) in [6.07, 6.45) is 7.09. The number of fused-ring (bicyclic) bond motifs is 9. The van der Waals surface area contributed by atoms with Crippen LogP contribution in [-0.4, -0.2) is 4.57 Å². The monoisotopic (exact) mass is 855 g/mol. The molecule has 0 aliphatic heterocycles. The molecule has 1 heteroatoms. The number of nitrogens with zero attached hydrogens (tertiary/aromatic N) is 1. The summed E-state index contributed by atoms with van der Waals surface area (Å²) in [5.74, 6) is 3.34. The first kappa shape index (κ1) is 37.7. The van der Waals surface area contributed by atoms with Gasteiger partial charge in [-0.05, 0) is 180 Å². The second-order valence-corrected chi connectivity index (χ2v) is 20.3. The molecule has 5 unspecified atom stereocenters. The van der Waals surface area contributed by atoms with E-state index >= 15 is 0 Å². The van der Waals surface area contributed by atoms with Crippen LogP contribution in [0.25, 0.3) is 105 Å². The molecule has 11 aromatic rings. The molecule has 15 rings (SSSR count). The molecule has 67 heavy (non-hydrogen) atoms. The number of hydrogen-bond acceptors (Lipinski definition) is 0. The maximum atomic E-state index is 2.58. The average molecular weight is 856 g/mol. The Hall–Kier alpha value is -7.48. The van der Waals surface area contributed by atoms with Crippen molar-refractivity contribution < 1.29 is 0 Å². The Balaban J connectivity index is 0.889. The van der Waals surface area contributed by atoms with Gasteiger partial charge in [-0.3, -0.25) is 0 Å². The van der Waals surface area contributed by atoms with E-state index in [1.54, 1.807) is 11.1 Å². The quantitative estimate of drug-likeness (QED) is 0.152. The highest BCUT2D eigenvalue weighted by molar-refractivity contribution is 6.21. The minimum Gasteiger partial charge on any atom is -0.309 e. The lowest BCUT2D eigenvalue weighted by Crippen LogP contribution is -2.48. The summed E-state index contributed by atoms with van der Waals surface area (Å²) < 4.78 is 2.41. The number of hydrogen-bond donors (Lipinski definition) is 0. The molecule has 318 valence electrons. The van der Waals surface area contributed by atoms with Gasteiger partial charge >= 0.3 is 0 Å². The van der Waals surface area contributed by atoms with Gasteiger partial charge in [0.1, 0.15) is 0 Å². The fraction of sp³-hybridized carbons (Fsp3) is 0.152. The average Bonchev–Trinajstić information content (AvgIpc) is 3.96. The number of aromatic nitrogens is 1. The van der Waals surface area contributed by atoms with Crippen LogP contribution >= 0.6 is 0 Å². The molecular weight excluding hydrogens is 807 g/mol. The fourth-order valence-electron chi connectivity index (χ4n) is 14.9. The van der Waals surface area contributed by atoms with Crippen molar-refractivity contribution in [2.45, 2.75) is 37.5 Å². The Bertz CT molecular complexity index is 3700. The van der Waals surface area contributed by atoms with Crippen LogP contribution in [0.15, 0.2) is 212 Å².